The topological polar surface area (TPSA) is 120 Å². The maximum atomic E-state index is 13.2. The average molecular weight is 527 g/mol. The Morgan fingerprint density at radius 1 is 1.09 bits per heavy atom. The molecule has 1 unspecified atom stereocenters. The number of nitrogens with zero attached hydrogens (tertiary/aromatic N) is 4. The number of thioether (sulfide) groups is 1. The van der Waals surface area contributed by atoms with Gasteiger partial charge in [-0.15, -0.1) is 15.3 Å². The molecule has 0 spiro atoms. The fourth-order valence-corrected chi connectivity index (χ4v) is 6.18. The van der Waals surface area contributed by atoms with Crippen molar-refractivity contribution < 1.29 is 33.4 Å². The summed E-state index contributed by atoms with van der Waals surface area (Å²) in [7, 11) is 0. The Morgan fingerprint density at radius 2 is 1.74 bits per heavy atom. The predicted octanol–water partition coefficient (Wildman–Crippen LogP) is 3.88. The van der Waals surface area contributed by atoms with Crippen LogP contribution in [-0.4, -0.2) is 74.0 Å². The summed E-state index contributed by atoms with van der Waals surface area (Å²) in [5.74, 6) is 0.296. The van der Waals surface area contributed by atoms with Crippen molar-refractivity contribution in [3.8, 4) is 0 Å². The Kier molecular flexibility index (Phi) is 6.79. The van der Waals surface area contributed by atoms with E-state index in [2.05, 4.69) is 10.2 Å². The largest absolute Gasteiger partial charge is 0.528 e. The van der Waals surface area contributed by atoms with E-state index in [1.807, 2.05) is 6.92 Å². The number of β-lactam (4-membered cyclic amide) rings is 1. The van der Waals surface area contributed by atoms with Crippen LogP contribution < -0.4 is 0 Å². The first-order chi connectivity index (χ1) is 16.2. The van der Waals surface area contributed by atoms with Crippen LogP contribution in [0, 0.1) is 12.8 Å². The van der Waals surface area contributed by atoms with Gasteiger partial charge in [0.15, 0.2) is 4.34 Å². The van der Waals surface area contributed by atoms with Crippen LogP contribution in [0.3, 0.4) is 0 Å². The Morgan fingerprint density at radius 3 is 2.34 bits per heavy atom. The molecule has 2 fully saturated rings. The summed E-state index contributed by atoms with van der Waals surface area (Å²) in [6.45, 7) is 12.6. The van der Waals surface area contributed by atoms with Crippen LogP contribution in [0.4, 0.5) is 9.59 Å². The number of rotatable bonds is 5. The van der Waals surface area contributed by atoms with Gasteiger partial charge in [-0.05, 0) is 54.9 Å². The minimum atomic E-state index is -0.876. The fourth-order valence-electron chi connectivity index (χ4n) is 4.27. The maximum absolute atomic E-state index is 13.2. The zero-order chi connectivity index (χ0) is 25.7. The van der Waals surface area contributed by atoms with Gasteiger partial charge in [-0.3, -0.25) is 9.69 Å². The molecule has 0 aliphatic carbocycles. The third kappa shape index (κ3) is 5.56. The highest BCUT2D eigenvalue weighted by Crippen LogP contribution is 2.50. The van der Waals surface area contributed by atoms with E-state index in [0.717, 1.165) is 14.9 Å². The Labute approximate surface area is 212 Å². The molecular formula is C22H30N4O7S2. The molecule has 3 atom stereocenters. The molecule has 35 heavy (non-hydrogen) atoms. The number of hydroxylamine groups is 2. The molecule has 1 amide bonds. The molecule has 0 saturated carbocycles. The molecule has 2 saturated heterocycles. The van der Waals surface area contributed by atoms with Crippen LogP contribution in [0.2, 0.25) is 0 Å². The van der Waals surface area contributed by atoms with Crippen LogP contribution in [-0.2, 0) is 23.8 Å². The molecule has 0 radical (unpaired) electrons. The highest BCUT2D eigenvalue weighted by molar-refractivity contribution is 8.01. The number of carbonyl (C=O) groups excluding carboxylic acids is 3. The number of carbonyl (C=O) groups is 3. The zero-order valence-electron chi connectivity index (χ0n) is 20.8. The third-order valence-electron chi connectivity index (χ3n) is 5.45. The van der Waals surface area contributed by atoms with Gasteiger partial charge >= 0.3 is 12.3 Å². The number of aryl methyl sites for hydroxylation is 1. The molecule has 0 bridgehead atoms. The minimum absolute atomic E-state index is 0.0601. The van der Waals surface area contributed by atoms with Gasteiger partial charge in [0.25, 0.3) is 5.91 Å². The first-order valence-electron chi connectivity index (χ1n) is 11.3. The van der Waals surface area contributed by atoms with Gasteiger partial charge in [0.1, 0.15) is 22.3 Å². The summed E-state index contributed by atoms with van der Waals surface area (Å²) in [4.78, 5) is 44.8. The summed E-state index contributed by atoms with van der Waals surface area (Å²) < 4.78 is 17.0. The third-order valence-corrected chi connectivity index (χ3v) is 7.47. The first kappa shape index (κ1) is 25.7. The van der Waals surface area contributed by atoms with Crippen LogP contribution in [0.25, 0.3) is 0 Å². The first-order valence-corrected chi connectivity index (χ1v) is 13.1. The Balaban J connectivity index is 1.54. The van der Waals surface area contributed by atoms with E-state index in [9.17, 15) is 14.4 Å². The SMILES string of the molecule is Cc1nnc(SCC2=C(OC(=O)OC(C)(C)C)N3C(=O)[C@@H]4[C@H]3C2CCN4OC(=O)OC(C)(C)C)s1. The highest BCUT2D eigenvalue weighted by Gasteiger charge is 2.64. The van der Waals surface area contributed by atoms with Gasteiger partial charge in [0, 0.05) is 23.8 Å². The molecule has 3 aliphatic rings. The number of amides is 1. The van der Waals surface area contributed by atoms with Crippen molar-refractivity contribution in [3.63, 3.8) is 0 Å². The zero-order valence-corrected chi connectivity index (χ0v) is 22.4. The van der Waals surface area contributed by atoms with Crippen LogP contribution >= 0.6 is 23.1 Å². The number of hydrogen-bond donors (Lipinski definition) is 0. The molecular weight excluding hydrogens is 496 g/mol. The molecule has 13 heteroatoms. The van der Waals surface area contributed by atoms with E-state index in [-0.39, 0.29) is 23.8 Å². The van der Waals surface area contributed by atoms with E-state index in [1.165, 1.54) is 33.1 Å². The number of piperidine rings is 1. The lowest BCUT2D eigenvalue weighted by molar-refractivity contribution is -0.223. The van der Waals surface area contributed by atoms with E-state index in [0.29, 0.717) is 18.7 Å². The van der Waals surface area contributed by atoms with Crippen molar-refractivity contribution in [3.05, 3.63) is 16.5 Å². The van der Waals surface area contributed by atoms with E-state index >= 15 is 0 Å². The van der Waals surface area contributed by atoms with Gasteiger partial charge in [-0.1, -0.05) is 23.1 Å². The lowest BCUT2D eigenvalue weighted by atomic mass is 9.79. The second kappa shape index (κ2) is 9.25. The fraction of sp³-hybridized carbons (Fsp3) is 0.682. The van der Waals surface area contributed by atoms with Crippen molar-refractivity contribution >= 4 is 41.3 Å². The summed E-state index contributed by atoms with van der Waals surface area (Å²) in [6, 6.07) is -0.993. The molecule has 1 aromatic rings. The number of ether oxygens (including phenoxy) is 3. The van der Waals surface area contributed by atoms with Crippen molar-refractivity contribution in [2.45, 2.75) is 82.5 Å². The molecule has 4 rings (SSSR count). The Hall–Kier alpha value is -2.38. The minimum Gasteiger partial charge on any atom is -0.428 e. The van der Waals surface area contributed by atoms with E-state index in [4.69, 9.17) is 19.0 Å². The quantitative estimate of drug-likeness (QED) is 0.316. The molecule has 192 valence electrons. The summed E-state index contributed by atoms with van der Waals surface area (Å²) in [5.41, 5.74) is -0.643. The van der Waals surface area contributed by atoms with E-state index < -0.39 is 29.6 Å². The van der Waals surface area contributed by atoms with Gasteiger partial charge in [-0.2, -0.15) is 0 Å². The summed E-state index contributed by atoms with van der Waals surface area (Å²) in [5, 5.41) is 10.4. The van der Waals surface area contributed by atoms with E-state index in [1.54, 1.807) is 41.5 Å². The number of aromatic nitrogens is 2. The molecule has 0 N–H and O–H groups in total. The lowest BCUT2D eigenvalue weighted by Gasteiger charge is -2.51. The standard InChI is InChI=1S/C22H30N4O7S2/c1-11-23-24-18(35-11)34-10-13-12-8-9-25(33-20(29)32-22(5,6)7)15-14(12)26(16(15)27)17(13)30-19(28)31-21(2,3)4/h12,14-15H,8-10H2,1-7H3/t12?,14-,15+/m1/s1. The molecule has 3 aliphatic heterocycles. The molecule has 4 heterocycles. The molecule has 1 aromatic heterocycles. The van der Waals surface area contributed by atoms with Gasteiger partial charge in [0.05, 0.1) is 6.04 Å². The van der Waals surface area contributed by atoms with Crippen molar-refractivity contribution in [1.82, 2.24) is 20.2 Å². The van der Waals surface area contributed by atoms with Gasteiger partial charge in [0.2, 0.25) is 5.88 Å². The monoisotopic (exact) mass is 526 g/mol. The highest BCUT2D eigenvalue weighted by atomic mass is 32.2. The number of hydrogen-bond acceptors (Lipinski definition) is 12. The van der Waals surface area contributed by atoms with Crippen molar-refractivity contribution in [2.75, 3.05) is 12.3 Å². The maximum Gasteiger partial charge on any atom is 0.528 e. The lowest BCUT2D eigenvalue weighted by Crippen LogP contribution is -2.72. The van der Waals surface area contributed by atoms with Gasteiger partial charge in [-0.25, -0.2) is 9.59 Å². The van der Waals surface area contributed by atoms with Crippen molar-refractivity contribution in [2.24, 2.45) is 5.92 Å². The normalized spacial score (nSPS) is 24.1. The van der Waals surface area contributed by atoms with Crippen LogP contribution in [0.1, 0.15) is 53.0 Å². The predicted molar refractivity (Wildman–Crippen MR) is 126 cm³/mol. The van der Waals surface area contributed by atoms with Crippen LogP contribution in [0.5, 0.6) is 0 Å². The van der Waals surface area contributed by atoms with Gasteiger partial charge < -0.3 is 19.0 Å². The smallest absolute Gasteiger partial charge is 0.428 e. The Bertz CT molecular complexity index is 1060. The summed E-state index contributed by atoms with van der Waals surface area (Å²) in [6.07, 6.45) is -1.14. The average Bonchev–Trinajstić information content (AvgIpc) is 3.22. The second-order valence-corrected chi connectivity index (χ2v) is 12.9. The van der Waals surface area contributed by atoms with Crippen molar-refractivity contribution in [1.29, 1.82) is 0 Å². The molecule has 11 nitrogen and oxygen atoms in total. The molecule has 0 aromatic carbocycles. The van der Waals surface area contributed by atoms with Crippen LogP contribution in [0.15, 0.2) is 15.8 Å². The summed E-state index contributed by atoms with van der Waals surface area (Å²) >= 11 is 2.95. The second-order valence-electron chi connectivity index (χ2n) is 10.5.